The molecule has 0 aliphatic carbocycles. The molecule has 0 radical (unpaired) electrons. The summed E-state index contributed by atoms with van der Waals surface area (Å²) in [5, 5.41) is 7.57. The van der Waals surface area contributed by atoms with E-state index in [1.165, 1.54) is 11.1 Å². The van der Waals surface area contributed by atoms with Crippen LogP contribution in [0.4, 0.5) is 5.69 Å². The molecule has 0 amide bonds. The molecular weight excluding hydrogens is 438 g/mol. The van der Waals surface area contributed by atoms with Gasteiger partial charge in [0.15, 0.2) is 6.29 Å². The van der Waals surface area contributed by atoms with E-state index in [9.17, 15) is 9.59 Å². The molecule has 4 rings (SSSR count). The third-order valence-electron chi connectivity index (χ3n) is 4.68. The summed E-state index contributed by atoms with van der Waals surface area (Å²) in [5.41, 5.74) is 5.98. The molecule has 4 aromatic rings. The minimum absolute atomic E-state index is 0.250. The zero-order valence-corrected chi connectivity index (χ0v) is 21.1. The van der Waals surface area contributed by atoms with Crippen LogP contribution in [0.2, 0.25) is 0 Å². The number of hydrogen-bond acceptors (Lipinski definition) is 4. The number of benzene rings is 2. The lowest BCUT2D eigenvalue weighted by Crippen LogP contribution is -1.91. The predicted molar refractivity (Wildman–Crippen MR) is 144 cm³/mol. The lowest BCUT2D eigenvalue weighted by atomic mass is 10.2. The van der Waals surface area contributed by atoms with Gasteiger partial charge in [-0.2, -0.15) is 0 Å². The first kappa shape index (κ1) is 29.0. The zero-order valence-electron chi connectivity index (χ0n) is 21.1. The molecule has 1 N–H and O–H groups in total. The third-order valence-corrected chi connectivity index (χ3v) is 4.68. The fraction of sp³-hybridized carbons (Fsp3) is 0.207. The second kappa shape index (κ2) is 16.6. The van der Waals surface area contributed by atoms with Crippen LogP contribution in [0, 0.1) is 13.8 Å². The lowest BCUT2D eigenvalue weighted by molar-refractivity contribution is 0.111. The van der Waals surface area contributed by atoms with Gasteiger partial charge in [-0.15, -0.1) is 0 Å². The van der Waals surface area contributed by atoms with E-state index >= 15 is 0 Å². The highest BCUT2D eigenvalue weighted by Crippen LogP contribution is 2.12. The number of aliphatic hydroxyl groups is 1. The third kappa shape index (κ3) is 11.6. The van der Waals surface area contributed by atoms with Crippen LogP contribution in [0.25, 0.3) is 0 Å². The Balaban J connectivity index is 0.000000263. The molecule has 184 valence electrons. The van der Waals surface area contributed by atoms with Crippen LogP contribution in [-0.2, 0) is 14.1 Å². The van der Waals surface area contributed by atoms with Crippen LogP contribution in [-0.4, -0.2) is 39.6 Å². The van der Waals surface area contributed by atoms with Crippen LogP contribution in [0.15, 0.2) is 90.2 Å². The average molecular weight is 474 g/mol. The van der Waals surface area contributed by atoms with Crippen molar-refractivity contribution >= 4 is 24.5 Å². The molecular formula is C29H35N3O3. The molecule has 0 fully saturated rings. The molecule has 0 unspecified atom stereocenters. The summed E-state index contributed by atoms with van der Waals surface area (Å²) in [6.45, 7) is 6.00. The molecule has 0 spiro atoms. The Kier molecular flexibility index (Phi) is 13.7. The van der Waals surface area contributed by atoms with E-state index in [1.807, 2.05) is 98.8 Å². The van der Waals surface area contributed by atoms with Gasteiger partial charge in [-0.05, 0) is 57.2 Å². The number of aliphatic hydroxyl groups excluding tert-OH is 1. The molecule has 0 saturated heterocycles. The van der Waals surface area contributed by atoms with Crippen molar-refractivity contribution in [3.8, 4) is 0 Å². The standard InChI is InChI=1S/C13H14N2.C8H8O.C6H7NO.C2H6O/c1-11-5-7-12(8-6-11)14-10-13-4-3-9-15(13)2;1-7-2-4-8(6-9)5-3-7;1-7-4-2-3-6(7)5-8;1-2-3/h3-10H,1-2H3;2-6H,1H3;2-5H,1H3;3H,2H2,1H3. The number of aromatic nitrogens is 2. The smallest absolute Gasteiger partial charge is 0.166 e. The largest absolute Gasteiger partial charge is 0.397 e. The highest BCUT2D eigenvalue weighted by Gasteiger charge is 1.92. The topological polar surface area (TPSA) is 76.6 Å². The summed E-state index contributed by atoms with van der Waals surface area (Å²) in [5.74, 6) is 0. The quantitative estimate of drug-likeness (QED) is 0.304. The van der Waals surface area contributed by atoms with Gasteiger partial charge in [0.2, 0.25) is 0 Å². The predicted octanol–water partition coefficient (Wildman–Crippen LogP) is 5.73. The molecule has 2 heterocycles. The summed E-state index contributed by atoms with van der Waals surface area (Å²) in [4.78, 5) is 24.6. The number of aliphatic imine (C=N–C) groups is 1. The normalized spacial score (nSPS) is 9.66. The number of aldehydes is 2. The Morgan fingerprint density at radius 3 is 1.57 bits per heavy atom. The number of carbonyl (C=O) groups excluding carboxylic acids is 2. The molecule has 0 aliphatic heterocycles. The molecule has 0 bridgehead atoms. The van der Waals surface area contributed by atoms with E-state index in [0.29, 0.717) is 5.69 Å². The molecule has 35 heavy (non-hydrogen) atoms. The number of rotatable bonds is 4. The van der Waals surface area contributed by atoms with E-state index in [0.717, 1.165) is 29.5 Å². The highest BCUT2D eigenvalue weighted by atomic mass is 16.2. The van der Waals surface area contributed by atoms with E-state index in [2.05, 4.69) is 24.0 Å². The van der Waals surface area contributed by atoms with Crippen molar-refractivity contribution in [2.24, 2.45) is 19.1 Å². The van der Waals surface area contributed by atoms with Crippen molar-refractivity contribution in [1.29, 1.82) is 0 Å². The van der Waals surface area contributed by atoms with E-state index < -0.39 is 0 Å². The van der Waals surface area contributed by atoms with Gasteiger partial charge in [-0.3, -0.25) is 14.6 Å². The monoisotopic (exact) mass is 473 g/mol. The average Bonchev–Trinajstić information content (AvgIpc) is 3.47. The Morgan fingerprint density at radius 2 is 1.20 bits per heavy atom. The first-order valence-corrected chi connectivity index (χ1v) is 11.3. The molecule has 6 heteroatoms. The van der Waals surface area contributed by atoms with Gasteiger partial charge in [0.1, 0.15) is 6.29 Å². The van der Waals surface area contributed by atoms with Gasteiger partial charge in [0.05, 0.1) is 23.3 Å². The Labute approximate surface area is 208 Å². The Hall–Kier alpha value is -4.03. The van der Waals surface area contributed by atoms with E-state index in [4.69, 9.17) is 5.11 Å². The van der Waals surface area contributed by atoms with Crippen molar-refractivity contribution in [2.75, 3.05) is 6.61 Å². The van der Waals surface area contributed by atoms with Crippen LogP contribution in [0.5, 0.6) is 0 Å². The number of carbonyl (C=O) groups is 2. The van der Waals surface area contributed by atoms with Gasteiger partial charge >= 0.3 is 0 Å². The number of aryl methyl sites for hydroxylation is 4. The van der Waals surface area contributed by atoms with Gasteiger partial charge in [0, 0.05) is 38.7 Å². The summed E-state index contributed by atoms with van der Waals surface area (Å²) >= 11 is 0. The van der Waals surface area contributed by atoms with Crippen molar-refractivity contribution in [2.45, 2.75) is 20.8 Å². The minimum atomic E-state index is 0.250. The van der Waals surface area contributed by atoms with Crippen LogP contribution >= 0.6 is 0 Å². The fourth-order valence-corrected chi connectivity index (χ4v) is 2.62. The van der Waals surface area contributed by atoms with Crippen molar-refractivity contribution < 1.29 is 14.7 Å². The number of nitrogens with zero attached hydrogens (tertiary/aromatic N) is 3. The molecule has 2 aromatic carbocycles. The second-order valence-corrected chi connectivity index (χ2v) is 7.64. The van der Waals surface area contributed by atoms with Crippen LogP contribution < -0.4 is 0 Å². The summed E-state index contributed by atoms with van der Waals surface area (Å²) < 4.78 is 3.81. The maximum absolute atomic E-state index is 10.1. The summed E-state index contributed by atoms with van der Waals surface area (Å²) in [7, 11) is 3.85. The summed E-state index contributed by atoms with van der Waals surface area (Å²) in [6.07, 6.45) is 7.41. The summed E-state index contributed by atoms with van der Waals surface area (Å²) in [6, 6.07) is 23.3. The molecule has 6 nitrogen and oxygen atoms in total. The molecule has 2 aromatic heterocycles. The van der Waals surface area contributed by atoms with Gasteiger partial charge in [-0.25, -0.2) is 0 Å². The molecule has 0 aliphatic rings. The highest BCUT2D eigenvalue weighted by molar-refractivity contribution is 5.80. The maximum Gasteiger partial charge on any atom is 0.166 e. The molecule has 0 saturated carbocycles. The van der Waals surface area contributed by atoms with Crippen molar-refractivity contribution in [1.82, 2.24) is 9.13 Å². The van der Waals surface area contributed by atoms with Crippen LogP contribution in [0.1, 0.15) is 44.6 Å². The van der Waals surface area contributed by atoms with Gasteiger partial charge in [-0.1, -0.05) is 47.5 Å². The second-order valence-electron chi connectivity index (χ2n) is 7.64. The Morgan fingerprint density at radius 1 is 0.743 bits per heavy atom. The van der Waals surface area contributed by atoms with E-state index in [-0.39, 0.29) is 6.61 Å². The Bertz CT molecular complexity index is 1150. The lowest BCUT2D eigenvalue weighted by Gasteiger charge is -1.96. The van der Waals surface area contributed by atoms with Gasteiger partial charge in [0.25, 0.3) is 0 Å². The van der Waals surface area contributed by atoms with Gasteiger partial charge < -0.3 is 14.2 Å². The van der Waals surface area contributed by atoms with Crippen LogP contribution in [0.3, 0.4) is 0 Å². The van der Waals surface area contributed by atoms with E-state index in [1.54, 1.807) is 17.6 Å². The fourth-order valence-electron chi connectivity index (χ4n) is 2.62. The minimum Gasteiger partial charge on any atom is -0.397 e. The number of hydrogen-bond donors (Lipinski definition) is 1. The van der Waals surface area contributed by atoms with Crippen molar-refractivity contribution in [3.05, 3.63) is 113 Å². The first-order chi connectivity index (χ1) is 16.8. The molecule has 0 atom stereocenters. The zero-order chi connectivity index (χ0) is 26.1. The maximum atomic E-state index is 10.1. The SMILES string of the molecule is CCO.Cc1ccc(C=O)cc1.Cc1ccc(N=Cc2cccn2C)cc1.Cn1cccc1C=O. The first-order valence-electron chi connectivity index (χ1n) is 11.3. The van der Waals surface area contributed by atoms with Crippen molar-refractivity contribution in [3.63, 3.8) is 0 Å².